The van der Waals surface area contributed by atoms with Gasteiger partial charge in [-0.2, -0.15) is 0 Å². The number of ketones is 1. The van der Waals surface area contributed by atoms with E-state index in [0.717, 1.165) is 6.07 Å². The number of hydrogen-bond donors (Lipinski definition) is 0. The smallest absolute Gasteiger partial charge is 0.283 e. The first-order chi connectivity index (χ1) is 6.97. The summed E-state index contributed by atoms with van der Waals surface area (Å²) < 4.78 is 0.383. The van der Waals surface area contributed by atoms with E-state index in [1.165, 1.54) is 6.07 Å². The molecule has 0 amide bonds. The molecule has 1 aromatic carbocycles. The van der Waals surface area contributed by atoms with Gasteiger partial charge in [-0.15, -0.1) is 11.6 Å². The lowest BCUT2D eigenvalue weighted by Crippen LogP contribution is -2.03. The number of benzene rings is 1. The van der Waals surface area contributed by atoms with E-state index in [2.05, 4.69) is 0 Å². The van der Waals surface area contributed by atoms with Crippen LogP contribution in [0.25, 0.3) is 0 Å². The minimum atomic E-state index is -0.566. The van der Waals surface area contributed by atoms with Gasteiger partial charge < -0.3 is 0 Å². The molecule has 1 aromatic rings. The van der Waals surface area contributed by atoms with Gasteiger partial charge in [0.25, 0.3) is 5.69 Å². The number of carbonyl (C=O) groups excluding carboxylic acids is 1. The highest BCUT2D eigenvalue weighted by Crippen LogP contribution is 2.28. The van der Waals surface area contributed by atoms with Gasteiger partial charge in [-0.05, 0) is 28.7 Å². The molecule has 0 atom stereocenters. The third-order valence-corrected chi connectivity index (χ3v) is 3.07. The van der Waals surface area contributed by atoms with E-state index in [0.29, 0.717) is 3.57 Å². The van der Waals surface area contributed by atoms with Gasteiger partial charge in [0, 0.05) is 11.6 Å². The van der Waals surface area contributed by atoms with Gasteiger partial charge in [0.1, 0.15) is 0 Å². The average molecular weight is 360 g/mol. The Morgan fingerprint density at radius 2 is 2.13 bits per heavy atom. The van der Waals surface area contributed by atoms with Crippen molar-refractivity contribution in [2.45, 2.75) is 0 Å². The molecule has 0 N–H and O–H groups in total. The van der Waals surface area contributed by atoms with Crippen molar-refractivity contribution in [1.82, 2.24) is 0 Å². The largest absolute Gasteiger partial charge is 0.293 e. The van der Waals surface area contributed by atoms with E-state index in [1.807, 2.05) is 0 Å². The summed E-state index contributed by atoms with van der Waals surface area (Å²) in [6.07, 6.45) is 0. The van der Waals surface area contributed by atoms with Gasteiger partial charge in [-0.1, -0.05) is 11.6 Å². The molecule has 1 rings (SSSR count). The van der Waals surface area contributed by atoms with Crippen molar-refractivity contribution in [2.75, 3.05) is 5.88 Å². The summed E-state index contributed by atoms with van der Waals surface area (Å²) in [5, 5.41) is 10.8. The molecule has 15 heavy (non-hydrogen) atoms. The summed E-state index contributed by atoms with van der Waals surface area (Å²) in [5.41, 5.74) is -0.0627. The first-order valence-electron chi connectivity index (χ1n) is 3.70. The molecule has 0 bridgehead atoms. The molecule has 0 aliphatic carbocycles. The maximum absolute atomic E-state index is 11.3. The zero-order valence-electron chi connectivity index (χ0n) is 7.17. The summed E-state index contributed by atoms with van der Waals surface area (Å²) >= 11 is 12.9. The maximum atomic E-state index is 11.3. The maximum Gasteiger partial charge on any atom is 0.283 e. The lowest BCUT2D eigenvalue weighted by atomic mass is 10.1. The van der Waals surface area contributed by atoms with Crippen LogP contribution in [0, 0.1) is 13.7 Å². The molecule has 0 spiro atoms. The Bertz CT molecular complexity index is 436. The number of alkyl halides is 1. The molecular weight excluding hydrogens is 356 g/mol. The van der Waals surface area contributed by atoms with Crippen LogP contribution in [0.4, 0.5) is 5.69 Å². The number of hydrogen-bond acceptors (Lipinski definition) is 3. The summed E-state index contributed by atoms with van der Waals surface area (Å²) in [6.45, 7) is 0. The lowest BCUT2D eigenvalue weighted by molar-refractivity contribution is -0.385. The molecule has 0 saturated heterocycles. The molecule has 0 unspecified atom stereocenters. The summed E-state index contributed by atoms with van der Waals surface area (Å²) in [6, 6.07) is 2.52. The highest BCUT2D eigenvalue weighted by atomic mass is 127. The van der Waals surface area contributed by atoms with E-state index in [-0.39, 0.29) is 22.2 Å². The van der Waals surface area contributed by atoms with Gasteiger partial charge in [0.2, 0.25) is 0 Å². The van der Waals surface area contributed by atoms with Crippen LogP contribution in [-0.4, -0.2) is 16.6 Å². The normalized spacial score (nSPS) is 10.1. The third kappa shape index (κ3) is 2.79. The molecule has 0 aliphatic heterocycles. The van der Waals surface area contributed by atoms with Gasteiger partial charge in [-0.25, -0.2) is 0 Å². The van der Waals surface area contributed by atoms with E-state index in [9.17, 15) is 14.9 Å². The van der Waals surface area contributed by atoms with Gasteiger partial charge in [0.15, 0.2) is 5.78 Å². The van der Waals surface area contributed by atoms with Crippen molar-refractivity contribution >= 4 is 57.3 Å². The molecule has 0 saturated carbocycles. The van der Waals surface area contributed by atoms with Crippen LogP contribution in [0.3, 0.4) is 0 Å². The van der Waals surface area contributed by atoms with Gasteiger partial charge >= 0.3 is 0 Å². The van der Waals surface area contributed by atoms with Gasteiger partial charge in [0.05, 0.1) is 19.4 Å². The SMILES string of the molecule is O=C(CCl)c1cc([N+](=O)[O-])c(I)cc1Cl. The quantitative estimate of drug-likeness (QED) is 0.273. The van der Waals surface area contributed by atoms with Crippen molar-refractivity contribution in [3.05, 3.63) is 36.4 Å². The molecule has 0 aromatic heterocycles. The van der Waals surface area contributed by atoms with E-state index < -0.39 is 10.7 Å². The minimum Gasteiger partial charge on any atom is -0.293 e. The Hall–Kier alpha value is -0.400. The lowest BCUT2D eigenvalue weighted by Gasteiger charge is -2.02. The predicted octanol–water partition coefficient (Wildman–Crippen LogP) is 3.27. The topological polar surface area (TPSA) is 60.2 Å². The van der Waals surface area contributed by atoms with Crippen LogP contribution in [0.2, 0.25) is 5.02 Å². The molecule has 0 fully saturated rings. The number of halogens is 3. The van der Waals surface area contributed by atoms with E-state index >= 15 is 0 Å². The van der Waals surface area contributed by atoms with Crippen molar-refractivity contribution in [2.24, 2.45) is 0 Å². The molecule has 0 heterocycles. The van der Waals surface area contributed by atoms with Crippen LogP contribution < -0.4 is 0 Å². The van der Waals surface area contributed by atoms with Crippen LogP contribution >= 0.6 is 45.8 Å². The molecule has 7 heteroatoms. The molecular formula is C8H4Cl2INO3. The van der Waals surface area contributed by atoms with Crippen molar-refractivity contribution in [3.8, 4) is 0 Å². The van der Waals surface area contributed by atoms with Crippen LogP contribution in [0.5, 0.6) is 0 Å². The first kappa shape index (κ1) is 12.7. The molecule has 80 valence electrons. The van der Waals surface area contributed by atoms with Gasteiger partial charge in [-0.3, -0.25) is 14.9 Å². The zero-order chi connectivity index (χ0) is 11.6. The Kier molecular flexibility index (Phi) is 4.30. The van der Waals surface area contributed by atoms with Crippen molar-refractivity contribution < 1.29 is 9.72 Å². The van der Waals surface area contributed by atoms with Crippen molar-refractivity contribution in [1.29, 1.82) is 0 Å². The fourth-order valence-electron chi connectivity index (χ4n) is 0.963. The van der Waals surface area contributed by atoms with E-state index in [1.54, 1.807) is 22.6 Å². The Morgan fingerprint density at radius 3 is 2.60 bits per heavy atom. The second-order valence-corrected chi connectivity index (χ2v) is 4.43. The first-order valence-corrected chi connectivity index (χ1v) is 5.69. The van der Waals surface area contributed by atoms with E-state index in [4.69, 9.17) is 23.2 Å². The van der Waals surface area contributed by atoms with Crippen LogP contribution in [0.1, 0.15) is 10.4 Å². The molecule has 0 aliphatic rings. The van der Waals surface area contributed by atoms with Crippen molar-refractivity contribution in [3.63, 3.8) is 0 Å². The standard InChI is InChI=1S/C8H4Cl2INO3/c9-3-8(13)4-1-7(12(14)15)6(11)2-5(4)10/h1-2H,3H2. The predicted molar refractivity (Wildman–Crippen MR) is 65.9 cm³/mol. The van der Waals surface area contributed by atoms with Crippen LogP contribution in [-0.2, 0) is 0 Å². The summed E-state index contributed by atoms with van der Waals surface area (Å²) in [5.74, 6) is -0.682. The summed E-state index contributed by atoms with van der Waals surface area (Å²) in [4.78, 5) is 21.3. The third-order valence-electron chi connectivity index (χ3n) is 1.65. The number of carbonyl (C=O) groups is 1. The summed E-state index contributed by atoms with van der Waals surface area (Å²) in [7, 11) is 0. The average Bonchev–Trinajstić information content (AvgIpc) is 2.16. The Morgan fingerprint density at radius 1 is 1.53 bits per heavy atom. The minimum absolute atomic E-state index is 0.0822. The fourth-order valence-corrected chi connectivity index (χ4v) is 2.22. The second-order valence-electron chi connectivity index (χ2n) is 2.60. The highest BCUT2D eigenvalue weighted by Gasteiger charge is 2.18. The number of nitro groups is 1. The number of Topliss-reactive ketones (excluding diaryl/α,β-unsaturated/α-hetero) is 1. The second kappa shape index (κ2) is 5.09. The molecule has 4 nitrogen and oxygen atoms in total. The Labute approximate surface area is 109 Å². The number of nitro benzene ring substituents is 1. The fraction of sp³-hybridized carbons (Fsp3) is 0.125. The molecule has 0 radical (unpaired) electrons. The monoisotopic (exact) mass is 359 g/mol. The zero-order valence-corrected chi connectivity index (χ0v) is 10.8. The Balaban J connectivity index is 3.36. The highest BCUT2D eigenvalue weighted by molar-refractivity contribution is 14.1. The number of nitrogens with zero attached hydrogens (tertiary/aromatic N) is 1. The number of rotatable bonds is 3. The van der Waals surface area contributed by atoms with Crippen LogP contribution in [0.15, 0.2) is 12.1 Å².